The van der Waals surface area contributed by atoms with E-state index in [1.807, 2.05) is 25.1 Å². The molecule has 18 heavy (non-hydrogen) atoms. The Hall–Kier alpha value is -0.730. The van der Waals surface area contributed by atoms with E-state index in [0.717, 1.165) is 18.8 Å². The zero-order chi connectivity index (χ0) is 13.4. The fourth-order valence-corrected chi connectivity index (χ4v) is 2.16. The maximum atomic E-state index is 6.08. The number of benzene rings is 1. The van der Waals surface area contributed by atoms with Crippen molar-refractivity contribution in [3.05, 3.63) is 28.8 Å². The van der Waals surface area contributed by atoms with E-state index in [1.165, 1.54) is 31.6 Å². The van der Waals surface area contributed by atoms with Gasteiger partial charge in [-0.15, -0.1) is 0 Å². The van der Waals surface area contributed by atoms with Gasteiger partial charge in [0.1, 0.15) is 5.75 Å². The second-order valence-electron chi connectivity index (χ2n) is 4.70. The van der Waals surface area contributed by atoms with Gasteiger partial charge >= 0.3 is 0 Å². The van der Waals surface area contributed by atoms with Gasteiger partial charge < -0.3 is 9.64 Å². The molecule has 1 N–H and O–H groups in total. The molecule has 0 radical (unpaired) electrons. The van der Waals surface area contributed by atoms with Gasteiger partial charge in [-0.05, 0) is 51.3 Å². The molecule has 0 aliphatic carbocycles. The van der Waals surface area contributed by atoms with Crippen LogP contribution < -0.4 is 9.64 Å². The lowest BCUT2D eigenvalue weighted by Gasteiger charge is -2.15. The monoisotopic (exact) mass is 270 g/mol. The molecule has 0 saturated carbocycles. The Morgan fingerprint density at radius 2 is 1.89 bits per heavy atom. The number of hydrogen-bond acceptors (Lipinski definition) is 1. The summed E-state index contributed by atoms with van der Waals surface area (Å²) in [6, 6.07) is 5.89. The number of ether oxygens (including phenoxy) is 1. The number of halogens is 1. The van der Waals surface area contributed by atoms with Crippen LogP contribution in [0.3, 0.4) is 0 Å². The van der Waals surface area contributed by atoms with Crippen molar-refractivity contribution in [3.8, 4) is 5.75 Å². The number of nitrogens with one attached hydrogen (secondary N) is 1. The summed E-state index contributed by atoms with van der Waals surface area (Å²) in [6.07, 6.45) is 2.30. The minimum Gasteiger partial charge on any atom is -0.492 e. The zero-order valence-electron chi connectivity index (χ0n) is 11.8. The van der Waals surface area contributed by atoms with Crippen molar-refractivity contribution in [2.45, 2.75) is 33.6 Å². The molecule has 0 aliphatic rings. The van der Waals surface area contributed by atoms with Gasteiger partial charge in [-0.1, -0.05) is 17.7 Å². The van der Waals surface area contributed by atoms with Gasteiger partial charge in [-0.3, -0.25) is 0 Å². The molecule has 0 amide bonds. The average Bonchev–Trinajstić information content (AvgIpc) is 2.38. The minimum absolute atomic E-state index is 0.704. The fraction of sp³-hybridized carbons (Fsp3) is 0.600. The van der Waals surface area contributed by atoms with Crippen LogP contribution >= 0.6 is 11.6 Å². The van der Waals surface area contributed by atoms with Crippen LogP contribution in [0.5, 0.6) is 5.75 Å². The Morgan fingerprint density at radius 1 is 1.17 bits per heavy atom. The van der Waals surface area contributed by atoms with E-state index in [0.29, 0.717) is 5.02 Å². The first-order chi connectivity index (χ1) is 8.67. The summed E-state index contributed by atoms with van der Waals surface area (Å²) in [4.78, 5) is 1.66. The lowest BCUT2D eigenvalue weighted by atomic mass is 10.2. The second kappa shape index (κ2) is 8.39. The van der Waals surface area contributed by atoms with Crippen molar-refractivity contribution in [1.82, 2.24) is 0 Å². The summed E-state index contributed by atoms with van der Waals surface area (Å²) >= 11 is 6.08. The van der Waals surface area contributed by atoms with Crippen LogP contribution in [0.1, 0.15) is 32.3 Å². The van der Waals surface area contributed by atoms with Gasteiger partial charge in [0.05, 0.1) is 31.3 Å². The lowest BCUT2D eigenvalue weighted by molar-refractivity contribution is -0.896. The zero-order valence-corrected chi connectivity index (χ0v) is 12.5. The first-order valence-corrected chi connectivity index (χ1v) is 7.27. The first kappa shape index (κ1) is 15.3. The Balaban J connectivity index is 2.23. The normalized spacial score (nSPS) is 10.9. The highest BCUT2D eigenvalue weighted by molar-refractivity contribution is 6.32. The van der Waals surface area contributed by atoms with Crippen LogP contribution in [0.25, 0.3) is 0 Å². The second-order valence-corrected chi connectivity index (χ2v) is 5.10. The van der Waals surface area contributed by atoms with E-state index in [9.17, 15) is 0 Å². The highest BCUT2D eigenvalue weighted by Crippen LogP contribution is 2.25. The molecule has 2 nitrogen and oxygen atoms in total. The average molecular weight is 271 g/mol. The number of hydrogen-bond donors (Lipinski definition) is 1. The number of quaternary nitrogens is 1. The van der Waals surface area contributed by atoms with E-state index in [1.54, 1.807) is 4.90 Å². The number of aryl methyl sites for hydroxylation is 1. The van der Waals surface area contributed by atoms with Gasteiger partial charge in [0, 0.05) is 0 Å². The molecule has 0 aromatic heterocycles. The summed E-state index contributed by atoms with van der Waals surface area (Å²) in [5.74, 6) is 0.812. The molecule has 0 saturated heterocycles. The van der Waals surface area contributed by atoms with Crippen LogP contribution in [-0.4, -0.2) is 26.2 Å². The van der Waals surface area contributed by atoms with Gasteiger partial charge in [-0.2, -0.15) is 0 Å². The standard InChI is InChI=1S/C15H24ClNO/c1-4-17(5-2)10-6-7-11-18-15-12-13(3)8-9-14(15)16/h8-9,12H,4-7,10-11H2,1-3H3/p+1. The quantitative estimate of drug-likeness (QED) is 0.717. The van der Waals surface area contributed by atoms with E-state index in [4.69, 9.17) is 16.3 Å². The SMILES string of the molecule is CC[NH+](CC)CCCCOc1cc(C)ccc1Cl. The smallest absolute Gasteiger partial charge is 0.138 e. The predicted octanol–water partition coefficient (Wildman–Crippen LogP) is 2.73. The first-order valence-electron chi connectivity index (χ1n) is 6.89. The van der Waals surface area contributed by atoms with Crippen molar-refractivity contribution in [2.24, 2.45) is 0 Å². The lowest BCUT2D eigenvalue weighted by Crippen LogP contribution is -3.11. The molecule has 1 rings (SSSR count). The summed E-state index contributed by atoms with van der Waals surface area (Å²) in [5, 5.41) is 0.704. The number of rotatable bonds is 8. The van der Waals surface area contributed by atoms with Crippen molar-refractivity contribution in [3.63, 3.8) is 0 Å². The highest BCUT2D eigenvalue weighted by atomic mass is 35.5. The van der Waals surface area contributed by atoms with Crippen LogP contribution in [0.15, 0.2) is 18.2 Å². The Labute approximate surface area is 116 Å². The number of unbranched alkanes of at least 4 members (excludes halogenated alkanes) is 1. The van der Waals surface area contributed by atoms with Crippen LogP contribution in [0.4, 0.5) is 0 Å². The molecule has 0 atom stereocenters. The molecular formula is C15H25ClNO+. The Bertz CT molecular complexity index is 350. The van der Waals surface area contributed by atoms with Crippen LogP contribution in [-0.2, 0) is 0 Å². The molecule has 0 unspecified atom stereocenters. The molecule has 0 spiro atoms. The third-order valence-electron chi connectivity index (χ3n) is 3.27. The van der Waals surface area contributed by atoms with Crippen molar-refractivity contribution in [1.29, 1.82) is 0 Å². The summed E-state index contributed by atoms with van der Waals surface area (Å²) in [5.41, 5.74) is 1.18. The molecule has 3 heteroatoms. The van der Waals surface area contributed by atoms with Gasteiger partial charge in [0.15, 0.2) is 0 Å². The van der Waals surface area contributed by atoms with E-state index in [2.05, 4.69) is 13.8 Å². The molecule has 1 aromatic carbocycles. The van der Waals surface area contributed by atoms with Crippen LogP contribution in [0.2, 0.25) is 5.02 Å². The third kappa shape index (κ3) is 5.28. The topological polar surface area (TPSA) is 13.7 Å². The van der Waals surface area contributed by atoms with Gasteiger partial charge in [0.25, 0.3) is 0 Å². The largest absolute Gasteiger partial charge is 0.492 e. The molecular weight excluding hydrogens is 246 g/mol. The molecule has 0 bridgehead atoms. The minimum atomic E-state index is 0.704. The molecule has 1 aromatic rings. The summed E-state index contributed by atoms with van der Waals surface area (Å²) in [6.45, 7) is 10.9. The summed E-state index contributed by atoms with van der Waals surface area (Å²) in [7, 11) is 0. The maximum absolute atomic E-state index is 6.08. The Morgan fingerprint density at radius 3 is 2.56 bits per heavy atom. The summed E-state index contributed by atoms with van der Waals surface area (Å²) < 4.78 is 5.73. The van der Waals surface area contributed by atoms with Crippen molar-refractivity contribution < 1.29 is 9.64 Å². The maximum Gasteiger partial charge on any atom is 0.138 e. The molecule has 0 heterocycles. The van der Waals surface area contributed by atoms with Gasteiger partial charge in [0.2, 0.25) is 0 Å². The predicted molar refractivity (Wildman–Crippen MR) is 77.8 cm³/mol. The van der Waals surface area contributed by atoms with Gasteiger partial charge in [-0.25, -0.2) is 0 Å². The van der Waals surface area contributed by atoms with E-state index in [-0.39, 0.29) is 0 Å². The fourth-order valence-electron chi connectivity index (χ4n) is 1.98. The third-order valence-corrected chi connectivity index (χ3v) is 3.58. The van der Waals surface area contributed by atoms with Crippen molar-refractivity contribution in [2.75, 3.05) is 26.2 Å². The molecule has 102 valence electrons. The molecule has 0 aliphatic heterocycles. The van der Waals surface area contributed by atoms with E-state index >= 15 is 0 Å². The Kier molecular flexibility index (Phi) is 7.14. The highest BCUT2D eigenvalue weighted by Gasteiger charge is 2.03. The van der Waals surface area contributed by atoms with E-state index < -0.39 is 0 Å². The molecule has 0 fully saturated rings. The van der Waals surface area contributed by atoms with Crippen LogP contribution in [0, 0.1) is 6.92 Å². The van der Waals surface area contributed by atoms with Crippen molar-refractivity contribution >= 4 is 11.6 Å².